The van der Waals surface area contributed by atoms with E-state index in [1.807, 2.05) is 24.4 Å². The number of benzene rings is 1. The van der Waals surface area contributed by atoms with Gasteiger partial charge in [-0.05, 0) is 23.6 Å². The molecule has 0 atom stereocenters. The number of thiophene rings is 1. The Hall–Kier alpha value is -2.60. The van der Waals surface area contributed by atoms with Crippen molar-refractivity contribution in [1.29, 1.82) is 0 Å². The van der Waals surface area contributed by atoms with E-state index in [4.69, 9.17) is 11.5 Å². The fourth-order valence-electron chi connectivity index (χ4n) is 2.53. The van der Waals surface area contributed by atoms with Gasteiger partial charge in [-0.2, -0.15) is 4.98 Å². The lowest BCUT2D eigenvalue weighted by Crippen LogP contribution is -2.01. The molecule has 4 aromatic rings. The number of aromatic nitrogens is 3. The third kappa shape index (κ3) is 1.48. The Bertz CT molecular complexity index is 924. The van der Waals surface area contributed by atoms with E-state index >= 15 is 0 Å². The summed E-state index contributed by atoms with van der Waals surface area (Å²) in [5.41, 5.74) is 14.6. The maximum Gasteiger partial charge on any atom is 0.222 e. The average Bonchev–Trinajstić information content (AvgIpc) is 3.08. The molecule has 0 aliphatic carbocycles. The molecule has 0 radical (unpaired) electrons. The van der Waals surface area contributed by atoms with E-state index in [0.29, 0.717) is 5.82 Å². The summed E-state index contributed by atoms with van der Waals surface area (Å²) in [4.78, 5) is 12.8. The van der Waals surface area contributed by atoms with Gasteiger partial charge < -0.3 is 16.5 Å². The van der Waals surface area contributed by atoms with Gasteiger partial charge in [-0.25, -0.2) is 4.98 Å². The van der Waals surface area contributed by atoms with Crippen molar-refractivity contribution in [1.82, 2.24) is 15.0 Å². The van der Waals surface area contributed by atoms with E-state index in [1.54, 1.807) is 11.3 Å². The quantitative estimate of drug-likeness (QED) is 0.500. The van der Waals surface area contributed by atoms with E-state index < -0.39 is 0 Å². The van der Waals surface area contributed by atoms with Crippen LogP contribution in [0.3, 0.4) is 0 Å². The topological polar surface area (TPSA) is 93.6 Å². The molecule has 0 aliphatic rings. The van der Waals surface area contributed by atoms with Gasteiger partial charge in [0, 0.05) is 22.0 Å². The Kier molecular flexibility index (Phi) is 2.22. The number of nitrogens with one attached hydrogen (secondary N) is 1. The molecule has 6 heteroatoms. The van der Waals surface area contributed by atoms with Crippen LogP contribution in [-0.4, -0.2) is 15.0 Å². The van der Waals surface area contributed by atoms with Crippen molar-refractivity contribution in [3.8, 4) is 10.4 Å². The Morgan fingerprint density at radius 3 is 2.85 bits per heavy atom. The minimum absolute atomic E-state index is 0.196. The highest BCUT2D eigenvalue weighted by atomic mass is 32.1. The van der Waals surface area contributed by atoms with Gasteiger partial charge in [0.05, 0.1) is 16.4 Å². The molecule has 20 heavy (non-hydrogen) atoms. The van der Waals surface area contributed by atoms with E-state index in [9.17, 15) is 0 Å². The van der Waals surface area contributed by atoms with Crippen LogP contribution in [0.2, 0.25) is 0 Å². The molecule has 5 N–H and O–H groups in total. The highest BCUT2D eigenvalue weighted by Gasteiger charge is 2.14. The molecule has 0 unspecified atom stereocenters. The number of nitrogen functional groups attached to an aromatic ring is 2. The number of hydrogen-bond donors (Lipinski definition) is 3. The lowest BCUT2D eigenvalue weighted by atomic mass is 10.1. The summed E-state index contributed by atoms with van der Waals surface area (Å²) in [6.07, 6.45) is 1.90. The molecular formula is C14H11N5S. The summed E-state index contributed by atoms with van der Waals surface area (Å²) in [6.45, 7) is 0. The highest BCUT2D eigenvalue weighted by molar-refractivity contribution is 7.13. The van der Waals surface area contributed by atoms with Gasteiger partial charge in [0.2, 0.25) is 5.95 Å². The molecule has 4 rings (SSSR count). The van der Waals surface area contributed by atoms with Gasteiger partial charge >= 0.3 is 0 Å². The SMILES string of the molecule is Nc1nc(N)c2c(cc(-c3cccs3)c3[nH]ccc32)n1. The number of H-pyrrole nitrogens is 1. The number of anilines is 2. The first-order chi connectivity index (χ1) is 9.74. The maximum absolute atomic E-state index is 6.01. The molecule has 0 saturated carbocycles. The Labute approximate surface area is 118 Å². The number of aromatic amines is 1. The van der Waals surface area contributed by atoms with Crippen LogP contribution in [0, 0.1) is 0 Å². The predicted octanol–water partition coefficient (Wildman–Crippen LogP) is 3.00. The minimum Gasteiger partial charge on any atom is -0.383 e. The van der Waals surface area contributed by atoms with Crippen LogP contribution in [0.1, 0.15) is 0 Å². The zero-order valence-corrected chi connectivity index (χ0v) is 11.2. The van der Waals surface area contributed by atoms with Crippen molar-refractivity contribution in [2.24, 2.45) is 0 Å². The van der Waals surface area contributed by atoms with Crippen LogP contribution < -0.4 is 11.5 Å². The summed E-state index contributed by atoms with van der Waals surface area (Å²) in [7, 11) is 0. The first-order valence-corrected chi connectivity index (χ1v) is 6.98. The summed E-state index contributed by atoms with van der Waals surface area (Å²) >= 11 is 1.69. The van der Waals surface area contributed by atoms with Crippen LogP contribution in [-0.2, 0) is 0 Å². The molecular weight excluding hydrogens is 270 g/mol. The third-order valence-corrected chi connectivity index (χ3v) is 4.24. The summed E-state index contributed by atoms with van der Waals surface area (Å²) in [6, 6.07) is 8.11. The molecule has 0 amide bonds. The van der Waals surface area contributed by atoms with Crippen LogP contribution in [0.5, 0.6) is 0 Å². The molecule has 3 heterocycles. The second kappa shape index (κ2) is 3.94. The van der Waals surface area contributed by atoms with Gasteiger partial charge in [-0.3, -0.25) is 0 Å². The minimum atomic E-state index is 0.196. The maximum atomic E-state index is 6.01. The number of nitrogens with zero attached hydrogens (tertiary/aromatic N) is 2. The molecule has 0 saturated heterocycles. The van der Waals surface area contributed by atoms with Crippen molar-refractivity contribution >= 4 is 44.9 Å². The largest absolute Gasteiger partial charge is 0.383 e. The van der Waals surface area contributed by atoms with Crippen molar-refractivity contribution in [2.75, 3.05) is 11.5 Å². The lowest BCUT2D eigenvalue weighted by molar-refractivity contribution is 1.25. The van der Waals surface area contributed by atoms with Crippen LogP contribution in [0.25, 0.3) is 32.2 Å². The zero-order chi connectivity index (χ0) is 13.7. The normalized spacial score (nSPS) is 11.4. The van der Waals surface area contributed by atoms with E-state index in [-0.39, 0.29) is 5.95 Å². The summed E-state index contributed by atoms with van der Waals surface area (Å²) in [5.74, 6) is 0.608. The Balaban J connectivity index is 2.22. The van der Waals surface area contributed by atoms with E-state index in [0.717, 1.165) is 27.4 Å². The standard InChI is InChI=1S/C14H11N5S/c15-13-11-7-3-4-17-12(7)8(10-2-1-5-20-10)6-9(11)18-14(16)19-13/h1-6,17H,(H4,15,16,18,19). The number of nitrogens with two attached hydrogens (primary N) is 2. The molecule has 5 nitrogen and oxygen atoms in total. The van der Waals surface area contributed by atoms with Crippen molar-refractivity contribution in [3.63, 3.8) is 0 Å². The second-order valence-corrected chi connectivity index (χ2v) is 5.48. The monoisotopic (exact) mass is 281 g/mol. The zero-order valence-electron chi connectivity index (χ0n) is 10.4. The number of hydrogen-bond acceptors (Lipinski definition) is 5. The Morgan fingerprint density at radius 2 is 2.05 bits per heavy atom. The van der Waals surface area contributed by atoms with Gasteiger partial charge in [-0.1, -0.05) is 6.07 Å². The fraction of sp³-hybridized carbons (Fsp3) is 0. The van der Waals surface area contributed by atoms with Gasteiger partial charge in [0.25, 0.3) is 0 Å². The van der Waals surface area contributed by atoms with Crippen LogP contribution in [0.4, 0.5) is 11.8 Å². The van der Waals surface area contributed by atoms with E-state index in [2.05, 4.69) is 26.4 Å². The van der Waals surface area contributed by atoms with Gasteiger partial charge in [0.1, 0.15) is 5.82 Å². The average molecular weight is 281 g/mol. The third-order valence-electron chi connectivity index (χ3n) is 3.34. The predicted molar refractivity (Wildman–Crippen MR) is 83.5 cm³/mol. The van der Waals surface area contributed by atoms with Gasteiger partial charge in [0.15, 0.2) is 0 Å². The molecule has 0 bridgehead atoms. The van der Waals surface area contributed by atoms with Gasteiger partial charge in [-0.15, -0.1) is 11.3 Å². The summed E-state index contributed by atoms with van der Waals surface area (Å²) < 4.78 is 0. The number of rotatable bonds is 1. The lowest BCUT2D eigenvalue weighted by Gasteiger charge is -2.07. The highest BCUT2D eigenvalue weighted by Crippen LogP contribution is 2.37. The van der Waals surface area contributed by atoms with Crippen LogP contribution >= 0.6 is 11.3 Å². The van der Waals surface area contributed by atoms with Crippen molar-refractivity contribution < 1.29 is 0 Å². The first kappa shape index (κ1) is 11.2. The molecule has 0 fully saturated rings. The molecule has 0 spiro atoms. The van der Waals surface area contributed by atoms with Crippen molar-refractivity contribution in [2.45, 2.75) is 0 Å². The first-order valence-electron chi connectivity index (χ1n) is 6.10. The summed E-state index contributed by atoms with van der Waals surface area (Å²) in [5, 5.41) is 3.91. The van der Waals surface area contributed by atoms with Crippen LogP contribution in [0.15, 0.2) is 35.8 Å². The van der Waals surface area contributed by atoms with Crippen molar-refractivity contribution in [3.05, 3.63) is 35.8 Å². The van der Waals surface area contributed by atoms with E-state index in [1.165, 1.54) is 4.88 Å². The molecule has 3 aromatic heterocycles. The molecule has 98 valence electrons. The fourth-order valence-corrected chi connectivity index (χ4v) is 3.28. The molecule has 0 aliphatic heterocycles. The second-order valence-electron chi connectivity index (χ2n) is 4.53. The Morgan fingerprint density at radius 1 is 1.15 bits per heavy atom. The molecule has 1 aromatic carbocycles. The number of fused-ring (bicyclic) bond motifs is 3. The smallest absolute Gasteiger partial charge is 0.222 e.